The monoisotopic (exact) mass is 380 g/mol. The lowest BCUT2D eigenvalue weighted by Gasteiger charge is -2.60. The summed E-state index contributed by atoms with van der Waals surface area (Å²) in [6.45, 7) is 5.65. The second-order valence-electron chi connectivity index (χ2n) is 10.8. The van der Waals surface area contributed by atoms with Gasteiger partial charge in [-0.3, -0.25) is 4.79 Å². The van der Waals surface area contributed by atoms with Gasteiger partial charge in [-0.05, 0) is 86.0 Å². The maximum atomic E-state index is 12.6. The molecule has 2 heteroatoms. The molecule has 7 atom stereocenters. The molecule has 0 heterocycles. The van der Waals surface area contributed by atoms with Crippen molar-refractivity contribution in [1.29, 1.82) is 0 Å². The van der Waals surface area contributed by atoms with E-state index in [1.165, 1.54) is 50.5 Å². The van der Waals surface area contributed by atoms with Gasteiger partial charge in [0.1, 0.15) is 5.78 Å². The van der Waals surface area contributed by atoms with Crippen LogP contribution in [0.5, 0.6) is 0 Å². The van der Waals surface area contributed by atoms with Crippen LogP contribution in [0.2, 0.25) is 0 Å². The van der Waals surface area contributed by atoms with Crippen molar-refractivity contribution < 1.29 is 9.53 Å². The fourth-order valence-corrected chi connectivity index (χ4v) is 7.93. The Labute approximate surface area is 170 Å². The first-order valence-electron chi connectivity index (χ1n) is 11.7. The molecule has 5 rings (SSSR count). The second-order valence-corrected chi connectivity index (χ2v) is 10.8. The highest BCUT2D eigenvalue weighted by atomic mass is 16.5. The number of benzene rings is 1. The maximum Gasteiger partial charge on any atom is 0.139 e. The summed E-state index contributed by atoms with van der Waals surface area (Å²) in [5.41, 5.74) is 1.78. The first-order chi connectivity index (χ1) is 13.5. The summed E-state index contributed by atoms with van der Waals surface area (Å²) in [6, 6.07) is 10.6. The van der Waals surface area contributed by atoms with Crippen LogP contribution in [-0.4, -0.2) is 11.9 Å². The molecule has 0 radical (unpaired) electrons. The molecule has 4 saturated carbocycles. The van der Waals surface area contributed by atoms with Crippen LogP contribution in [0.3, 0.4) is 0 Å². The second kappa shape index (κ2) is 6.97. The largest absolute Gasteiger partial charge is 0.374 e. The average molecular weight is 381 g/mol. The molecule has 0 spiro atoms. The van der Waals surface area contributed by atoms with E-state index in [0.717, 1.165) is 37.2 Å². The fraction of sp³-hybridized carbons (Fsp3) is 0.731. The Morgan fingerprint density at radius 2 is 1.79 bits per heavy atom. The molecular formula is C26H36O2. The number of ether oxygens (including phenoxy) is 1. The molecule has 0 bridgehead atoms. The highest BCUT2D eigenvalue weighted by molar-refractivity contribution is 5.87. The minimum Gasteiger partial charge on any atom is -0.374 e. The van der Waals surface area contributed by atoms with Gasteiger partial charge in [-0.2, -0.15) is 0 Å². The van der Waals surface area contributed by atoms with Gasteiger partial charge in [0.15, 0.2) is 0 Å². The van der Waals surface area contributed by atoms with Crippen molar-refractivity contribution >= 4 is 5.78 Å². The van der Waals surface area contributed by atoms with Crippen LogP contribution in [0.15, 0.2) is 30.3 Å². The van der Waals surface area contributed by atoms with Gasteiger partial charge in [-0.1, -0.05) is 44.2 Å². The molecule has 0 unspecified atom stereocenters. The topological polar surface area (TPSA) is 26.3 Å². The van der Waals surface area contributed by atoms with Crippen LogP contribution < -0.4 is 0 Å². The van der Waals surface area contributed by atoms with Gasteiger partial charge in [0.2, 0.25) is 0 Å². The number of fused-ring (bicyclic) bond motifs is 5. The van der Waals surface area contributed by atoms with Gasteiger partial charge in [-0.15, -0.1) is 0 Å². The zero-order valence-corrected chi connectivity index (χ0v) is 17.7. The van der Waals surface area contributed by atoms with Crippen LogP contribution in [-0.2, 0) is 16.1 Å². The van der Waals surface area contributed by atoms with Crippen molar-refractivity contribution in [2.45, 2.75) is 84.3 Å². The Kier molecular flexibility index (Phi) is 4.69. The number of carbonyl (C=O) groups is 1. The summed E-state index contributed by atoms with van der Waals surface area (Å²) < 4.78 is 6.35. The maximum absolute atomic E-state index is 12.6. The number of ketones is 1. The minimum atomic E-state index is 0.0142. The highest BCUT2D eigenvalue weighted by Crippen LogP contribution is 2.65. The Morgan fingerprint density at radius 3 is 2.61 bits per heavy atom. The van der Waals surface area contributed by atoms with E-state index in [-0.39, 0.29) is 5.41 Å². The predicted octanol–water partition coefficient (Wildman–Crippen LogP) is 6.18. The van der Waals surface area contributed by atoms with Crippen molar-refractivity contribution in [3.63, 3.8) is 0 Å². The summed E-state index contributed by atoms with van der Waals surface area (Å²) in [7, 11) is 0. The number of hydrogen-bond acceptors (Lipinski definition) is 2. The van der Waals surface area contributed by atoms with E-state index in [1.807, 2.05) is 0 Å². The van der Waals surface area contributed by atoms with Gasteiger partial charge in [-0.25, -0.2) is 0 Å². The van der Waals surface area contributed by atoms with Gasteiger partial charge < -0.3 is 4.74 Å². The molecule has 1 aromatic rings. The van der Waals surface area contributed by atoms with Gasteiger partial charge in [0.05, 0.1) is 12.7 Å². The Balaban J connectivity index is 1.27. The third kappa shape index (κ3) is 2.90. The van der Waals surface area contributed by atoms with Crippen LogP contribution in [0.4, 0.5) is 0 Å². The van der Waals surface area contributed by atoms with Gasteiger partial charge >= 0.3 is 0 Å². The summed E-state index contributed by atoms with van der Waals surface area (Å²) >= 11 is 0. The lowest BCUT2D eigenvalue weighted by atomic mass is 9.45. The predicted molar refractivity (Wildman–Crippen MR) is 112 cm³/mol. The third-order valence-electron chi connectivity index (χ3n) is 9.66. The normalized spacial score (nSPS) is 45.2. The van der Waals surface area contributed by atoms with E-state index in [2.05, 4.69) is 44.2 Å². The zero-order chi connectivity index (χ0) is 19.4. The van der Waals surface area contributed by atoms with Crippen molar-refractivity contribution in [3.8, 4) is 0 Å². The SMILES string of the molecule is C[C@@]12CC[C@@H](OCc3ccccc3)C[C@@H]1CC[C@@H]1[C@H]3CCC(=O)[C@@]3(C)CC[C@@H]12. The molecule has 4 aliphatic carbocycles. The number of carbonyl (C=O) groups excluding carboxylic acids is 1. The molecule has 1 aromatic carbocycles. The summed E-state index contributed by atoms with van der Waals surface area (Å²) in [5, 5.41) is 0. The Hall–Kier alpha value is -1.15. The highest BCUT2D eigenvalue weighted by Gasteiger charge is 2.60. The van der Waals surface area contributed by atoms with Crippen molar-refractivity contribution in [3.05, 3.63) is 35.9 Å². The van der Waals surface area contributed by atoms with E-state index in [1.54, 1.807) is 0 Å². The number of hydrogen-bond donors (Lipinski definition) is 0. The average Bonchev–Trinajstić information content (AvgIpc) is 3.02. The standard InChI is InChI=1S/C26H36O2/c1-25-14-12-20(28-17-18-6-4-3-5-7-18)16-19(25)8-9-21-22-10-11-24(27)26(22,2)15-13-23(21)25/h3-7,19-23H,8-17H2,1-2H3/t19-,20+,21+,22+,23-,25+,26-/m0/s1. The zero-order valence-electron chi connectivity index (χ0n) is 17.7. The lowest BCUT2D eigenvalue weighted by molar-refractivity contribution is -0.145. The molecule has 0 saturated heterocycles. The lowest BCUT2D eigenvalue weighted by Crippen LogP contribution is -2.54. The smallest absolute Gasteiger partial charge is 0.139 e. The van der Waals surface area contributed by atoms with E-state index >= 15 is 0 Å². The molecule has 4 aliphatic rings. The van der Waals surface area contributed by atoms with E-state index < -0.39 is 0 Å². The first kappa shape index (κ1) is 18.9. The summed E-state index contributed by atoms with van der Waals surface area (Å²) in [6.07, 6.45) is 11.3. The van der Waals surface area contributed by atoms with Crippen LogP contribution >= 0.6 is 0 Å². The Bertz CT molecular complexity index is 727. The van der Waals surface area contributed by atoms with Crippen LogP contribution in [0.1, 0.15) is 77.2 Å². The van der Waals surface area contributed by atoms with E-state index in [0.29, 0.717) is 23.2 Å². The Morgan fingerprint density at radius 1 is 0.964 bits per heavy atom. The molecule has 4 fully saturated rings. The summed E-state index contributed by atoms with van der Waals surface area (Å²) in [5.74, 6) is 3.69. The van der Waals surface area contributed by atoms with E-state index in [4.69, 9.17) is 4.74 Å². The van der Waals surface area contributed by atoms with Gasteiger partial charge in [0, 0.05) is 11.8 Å². The van der Waals surface area contributed by atoms with Gasteiger partial charge in [0.25, 0.3) is 0 Å². The fourth-order valence-electron chi connectivity index (χ4n) is 7.93. The van der Waals surface area contributed by atoms with Crippen molar-refractivity contribution in [1.82, 2.24) is 0 Å². The quantitative estimate of drug-likeness (QED) is 0.625. The molecule has 0 amide bonds. The van der Waals surface area contributed by atoms with Crippen molar-refractivity contribution in [2.24, 2.45) is 34.5 Å². The molecule has 28 heavy (non-hydrogen) atoms. The van der Waals surface area contributed by atoms with Crippen LogP contribution in [0, 0.1) is 34.5 Å². The minimum absolute atomic E-state index is 0.0142. The number of rotatable bonds is 3. The molecule has 2 nitrogen and oxygen atoms in total. The molecule has 0 aromatic heterocycles. The molecule has 0 N–H and O–H groups in total. The van der Waals surface area contributed by atoms with E-state index in [9.17, 15) is 4.79 Å². The first-order valence-corrected chi connectivity index (χ1v) is 11.7. The van der Waals surface area contributed by atoms with Crippen LogP contribution in [0.25, 0.3) is 0 Å². The number of Topliss-reactive ketones (excluding diaryl/α,β-unsaturated/α-hetero) is 1. The molecular weight excluding hydrogens is 344 g/mol. The molecule has 0 aliphatic heterocycles. The third-order valence-corrected chi connectivity index (χ3v) is 9.66. The summed E-state index contributed by atoms with van der Waals surface area (Å²) in [4.78, 5) is 12.6. The van der Waals surface area contributed by atoms with Crippen molar-refractivity contribution in [2.75, 3.05) is 0 Å². The molecule has 152 valence electrons.